The summed E-state index contributed by atoms with van der Waals surface area (Å²) in [6.45, 7) is 1.36. The third-order valence-corrected chi connectivity index (χ3v) is 3.36. The molecular formula is C14H15NO3. The van der Waals surface area contributed by atoms with Crippen LogP contribution in [-0.4, -0.2) is 41.7 Å². The second-order valence-corrected chi connectivity index (χ2v) is 4.69. The lowest BCUT2D eigenvalue weighted by Crippen LogP contribution is -2.33. The first kappa shape index (κ1) is 11.3. The molecule has 3 rings (SSSR count). The number of nitrogens with zero attached hydrogens (tertiary/aromatic N) is 1. The number of para-hydroxylation sites is 1. The first-order chi connectivity index (χ1) is 8.74. The molecule has 1 N–H and O–H groups in total. The summed E-state index contributed by atoms with van der Waals surface area (Å²) in [6, 6.07) is 7.66. The molecular weight excluding hydrogens is 230 g/mol. The quantitative estimate of drug-likeness (QED) is 0.804. The van der Waals surface area contributed by atoms with Crippen molar-refractivity contribution in [2.45, 2.75) is 12.5 Å². The number of carbonyl (C=O) groups is 1. The molecule has 1 aromatic rings. The van der Waals surface area contributed by atoms with E-state index in [-0.39, 0.29) is 12.0 Å². The van der Waals surface area contributed by atoms with Crippen LogP contribution in [0.25, 0.3) is 6.08 Å². The van der Waals surface area contributed by atoms with Gasteiger partial charge in [-0.3, -0.25) is 4.79 Å². The Hall–Kier alpha value is -1.81. The van der Waals surface area contributed by atoms with Crippen LogP contribution in [0.3, 0.4) is 0 Å². The van der Waals surface area contributed by atoms with Gasteiger partial charge in [0.15, 0.2) is 0 Å². The Balaban J connectivity index is 1.82. The molecule has 1 amide bonds. The van der Waals surface area contributed by atoms with E-state index in [0.717, 1.165) is 11.3 Å². The molecule has 4 heteroatoms. The van der Waals surface area contributed by atoms with Crippen LogP contribution in [0.2, 0.25) is 0 Å². The maximum atomic E-state index is 12.2. The zero-order valence-corrected chi connectivity index (χ0v) is 10.0. The van der Waals surface area contributed by atoms with Gasteiger partial charge in [0.05, 0.1) is 11.7 Å². The molecule has 1 saturated heterocycles. The van der Waals surface area contributed by atoms with Gasteiger partial charge in [0, 0.05) is 18.7 Å². The minimum atomic E-state index is -0.383. The SMILES string of the molecule is O=C(C1=Cc2ccccc2OC1)N1CC[C@H](O)C1. The normalized spacial score (nSPS) is 22.2. The highest BCUT2D eigenvalue weighted by molar-refractivity contribution is 5.99. The van der Waals surface area contributed by atoms with E-state index in [0.29, 0.717) is 31.7 Å². The number of hydrogen-bond donors (Lipinski definition) is 1. The highest BCUT2D eigenvalue weighted by Crippen LogP contribution is 2.27. The smallest absolute Gasteiger partial charge is 0.253 e. The van der Waals surface area contributed by atoms with Crippen molar-refractivity contribution in [3.63, 3.8) is 0 Å². The van der Waals surface area contributed by atoms with E-state index in [2.05, 4.69) is 0 Å². The van der Waals surface area contributed by atoms with E-state index in [4.69, 9.17) is 4.74 Å². The number of aliphatic hydroxyl groups excluding tert-OH is 1. The molecule has 1 fully saturated rings. The molecule has 2 aliphatic heterocycles. The van der Waals surface area contributed by atoms with Gasteiger partial charge in [0.1, 0.15) is 12.4 Å². The monoisotopic (exact) mass is 245 g/mol. The van der Waals surface area contributed by atoms with Crippen molar-refractivity contribution < 1.29 is 14.6 Å². The molecule has 0 aromatic heterocycles. The molecule has 0 saturated carbocycles. The molecule has 0 unspecified atom stereocenters. The minimum Gasteiger partial charge on any atom is -0.488 e. The minimum absolute atomic E-state index is 0.0268. The van der Waals surface area contributed by atoms with Crippen molar-refractivity contribution in [2.75, 3.05) is 19.7 Å². The summed E-state index contributed by atoms with van der Waals surface area (Å²) in [5.41, 5.74) is 1.59. The number of fused-ring (bicyclic) bond motifs is 1. The Bertz CT molecular complexity index is 510. The van der Waals surface area contributed by atoms with Crippen molar-refractivity contribution in [3.05, 3.63) is 35.4 Å². The zero-order chi connectivity index (χ0) is 12.5. The Morgan fingerprint density at radius 2 is 2.22 bits per heavy atom. The van der Waals surface area contributed by atoms with E-state index >= 15 is 0 Å². The lowest BCUT2D eigenvalue weighted by atomic mass is 10.1. The molecule has 0 radical (unpaired) electrons. The molecule has 0 bridgehead atoms. The van der Waals surface area contributed by atoms with Gasteiger partial charge in [0.2, 0.25) is 0 Å². The number of ether oxygens (including phenoxy) is 1. The van der Waals surface area contributed by atoms with Crippen LogP contribution in [0.1, 0.15) is 12.0 Å². The maximum Gasteiger partial charge on any atom is 0.253 e. The first-order valence-corrected chi connectivity index (χ1v) is 6.14. The number of β-amino-alcohol motifs (C(OH)–C–C–N with tert-alkyl or cyclic N) is 1. The van der Waals surface area contributed by atoms with Crippen molar-refractivity contribution in [1.82, 2.24) is 4.90 Å². The van der Waals surface area contributed by atoms with Gasteiger partial charge in [0.25, 0.3) is 5.91 Å². The number of benzene rings is 1. The third-order valence-electron chi connectivity index (χ3n) is 3.36. The summed E-state index contributed by atoms with van der Waals surface area (Å²) in [6.07, 6.45) is 2.16. The molecule has 4 nitrogen and oxygen atoms in total. The lowest BCUT2D eigenvalue weighted by molar-refractivity contribution is -0.126. The predicted octanol–water partition coefficient (Wildman–Crippen LogP) is 1.06. The number of aliphatic hydroxyl groups is 1. The third kappa shape index (κ3) is 1.99. The van der Waals surface area contributed by atoms with E-state index in [1.54, 1.807) is 4.90 Å². The van der Waals surface area contributed by atoms with Crippen LogP contribution in [0.5, 0.6) is 5.75 Å². The first-order valence-electron chi connectivity index (χ1n) is 6.14. The largest absolute Gasteiger partial charge is 0.488 e. The molecule has 0 spiro atoms. The van der Waals surface area contributed by atoms with Crippen LogP contribution in [0, 0.1) is 0 Å². The van der Waals surface area contributed by atoms with E-state index < -0.39 is 0 Å². The maximum absolute atomic E-state index is 12.2. The Kier molecular flexibility index (Phi) is 2.80. The number of rotatable bonds is 1. The zero-order valence-electron chi connectivity index (χ0n) is 10.0. The molecule has 2 aliphatic rings. The molecule has 18 heavy (non-hydrogen) atoms. The van der Waals surface area contributed by atoms with E-state index in [1.165, 1.54) is 0 Å². The molecule has 1 atom stereocenters. The van der Waals surface area contributed by atoms with Gasteiger partial charge in [-0.25, -0.2) is 0 Å². The number of hydrogen-bond acceptors (Lipinski definition) is 3. The molecule has 2 heterocycles. The fourth-order valence-corrected chi connectivity index (χ4v) is 2.37. The lowest BCUT2D eigenvalue weighted by Gasteiger charge is -2.21. The summed E-state index contributed by atoms with van der Waals surface area (Å²) >= 11 is 0. The van der Waals surface area contributed by atoms with E-state index in [1.807, 2.05) is 30.3 Å². The second-order valence-electron chi connectivity index (χ2n) is 4.69. The average Bonchev–Trinajstić information content (AvgIpc) is 2.84. The Morgan fingerprint density at radius 1 is 1.39 bits per heavy atom. The predicted molar refractivity (Wildman–Crippen MR) is 67.1 cm³/mol. The molecule has 0 aliphatic carbocycles. The summed E-state index contributed by atoms with van der Waals surface area (Å²) < 4.78 is 5.57. The highest BCUT2D eigenvalue weighted by atomic mass is 16.5. The molecule has 94 valence electrons. The van der Waals surface area contributed by atoms with Crippen LogP contribution in [0.4, 0.5) is 0 Å². The van der Waals surface area contributed by atoms with Crippen LogP contribution < -0.4 is 4.74 Å². The summed E-state index contributed by atoms with van der Waals surface area (Å²) in [7, 11) is 0. The fraction of sp³-hybridized carbons (Fsp3) is 0.357. The summed E-state index contributed by atoms with van der Waals surface area (Å²) in [4.78, 5) is 13.9. The van der Waals surface area contributed by atoms with Crippen molar-refractivity contribution in [1.29, 1.82) is 0 Å². The number of likely N-dealkylation sites (tertiary alicyclic amines) is 1. The van der Waals surface area contributed by atoms with Gasteiger partial charge in [-0.2, -0.15) is 0 Å². The van der Waals surface area contributed by atoms with Gasteiger partial charge in [-0.15, -0.1) is 0 Å². The van der Waals surface area contributed by atoms with Crippen LogP contribution >= 0.6 is 0 Å². The number of carbonyl (C=O) groups excluding carboxylic acids is 1. The number of amides is 1. The Labute approximate surface area is 105 Å². The summed E-state index contributed by atoms with van der Waals surface area (Å²) in [5, 5.41) is 9.46. The Morgan fingerprint density at radius 3 is 3.00 bits per heavy atom. The van der Waals surface area contributed by atoms with Crippen LogP contribution in [0.15, 0.2) is 29.8 Å². The van der Waals surface area contributed by atoms with Gasteiger partial charge in [-0.1, -0.05) is 18.2 Å². The van der Waals surface area contributed by atoms with Gasteiger partial charge >= 0.3 is 0 Å². The fourth-order valence-electron chi connectivity index (χ4n) is 2.37. The van der Waals surface area contributed by atoms with Crippen molar-refractivity contribution >= 4 is 12.0 Å². The standard InChI is InChI=1S/C14H15NO3/c16-12-5-6-15(8-12)14(17)11-7-10-3-1-2-4-13(10)18-9-11/h1-4,7,12,16H,5-6,8-9H2/t12-/m0/s1. The van der Waals surface area contributed by atoms with Gasteiger partial charge in [-0.05, 0) is 18.6 Å². The van der Waals surface area contributed by atoms with E-state index in [9.17, 15) is 9.90 Å². The highest BCUT2D eigenvalue weighted by Gasteiger charge is 2.28. The average molecular weight is 245 g/mol. The summed E-state index contributed by atoms with van der Waals surface area (Å²) in [5.74, 6) is 0.788. The van der Waals surface area contributed by atoms with Crippen molar-refractivity contribution in [3.8, 4) is 5.75 Å². The van der Waals surface area contributed by atoms with Crippen molar-refractivity contribution in [2.24, 2.45) is 0 Å². The molecule has 1 aromatic carbocycles. The second kappa shape index (κ2) is 4.46. The van der Waals surface area contributed by atoms with Crippen LogP contribution in [-0.2, 0) is 4.79 Å². The van der Waals surface area contributed by atoms with Gasteiger partial charge < -0.3 is 14.7 Å². The topological polar surface area (TPSA) is 49.8 Å².